The van der Waals surface area contributed by atoms with Crippen molar-refractivity contribution in [3.8, 4) is 0 Å². The number of hydrogen-bond donors (Lipinski definition) is 1. The Kier molecular flexibility index (Phi) is 6.34. The van der Waals surface area contributed by atoms with Gasteiger partial charge in [-0.3, -0.25) is 4.79 Å². The zero-order valence-corrected chi connectivity index (χ0v) is 16.4. The lowest BCUT2D eigenvalue weighted by Gasteiger charge is -2.39. The van der Waals surface area contributed by atoms with Gasteiger partial charge in [0.1, 0.15) is 0 Å². The van der Waals surface area contributed by atoms with E-state index < -0.39 is 12.1 Å². The smallest absolute Gasteiger partial charge is 0.475 e. The Labute approximate surface area is 166 Å². The van der Waals surface area contributed by atoms with E-state index in [1.165, 1.54) is 51.7 Å². The van der Waals surface area contributed by atoms with Gasteiger partial charge in [-0.2, -0.15) is 24.5 Å². The van der Waals surface area contributed by atoms with E-state index in [1.807, 2.05) is 16.8 Å². The first-order chi connectivity index (χ1) is 13.2. The Morgan fingerprint density at radius 3 is 2.29 bits per heavy atom. The first kappa shape index (κ1) is 21.1. The summed E-state index contributed by atoms with van der Waals surface area (Å²) in [6.45, 7) is 5.80. The number of hydrogen-bond acceptors (Lipinski definition) is 4. The summed E-state index contributed by atoms with van der Waals surface area (Å²) in [6, 6.07) is 1.95. The molecule has 0 radical (unpaired) electrons. The second-order valence-corrected chi connectivity index (χ2v) is 8.82. The van der Waals surface area contributed by atoms with Crippen molar-refractivity contribution in [1.29, 1.82) is 0 Å². The number of rotatable bonds is 3. The van der Waals surface area contributed by atoms with Crippen molar-refractivity contribution >= 4 is 23.2 Å². The van der Waals surface area contributed by atoms with Crippen LogP contribution in [0.5, 0.6) is 0 Å². The third kappa shape index (κ3) is 5.47. The highest BCUT2D eigenvalue weighted by atomic mass is 32.1. The molecule has 1 spiro atoms. The normalized spacial score (nSPS) is 22.0. The molecule has 0 aromatic carbocycles. The zero-order valence-electron chi connectivity index (χ0n) is 15.6. The maximum absolute atomic E-state index is 12.4. The predicted octanol–water partition coefficient (Wildman–Crippen LogP) is 3.72. The molecule has 3 aliphatic rings. The predicted molar refractivity (Wildman–Crippen MR) is 99.4 cm³/mol. The van der Waals surface area contributed by atoms with Crippen LogP contribution >= 0.6 is 11.3 Å². The second-order valence-electron chi connectivity index (χ2n) is 8.04. The number of carbonyl (C=O) groups is 2. The molecular weight excluding hydrogens is 393 g/mol. The standard InChI is InChI=1S/C17H24N2OS.C2HF3O2/c20-16(15-3-10-21-12-15)19-8-5-17(6-9-19)4-7-18(13-17)11-14-1-2-14;3-2(4,5)1(6)7/h3,10,12,14H,1-2,4-9,11,13H2;(H,6,7). The van der Waals surface area contributed by atoms with Gasteiger partial charge in [0.25, 0.3) is 5.91 Å². The van der Waals surface area contributed by atoms with Gasteiger partial charge in [-0.05, 0) is 61.4 Å². The molecule has 1 aliphatic carbocycles. The molecule has 1 amide bonds. The van der Waals surface area contributed by atoms with E-state index in [1.54, 1.807) is 11.3 Å². The van der Waals surface area contributed by atoms with E-state index >= 15 is 0 Å². The molecule has 5 nitrogen and oxygen atoms in total. The molecular formula is C19H25F3N2O3S. The summed E-state index contributed by atoms with van der Waals surface area (Å²) in [4.78, 5) is 26.1. The van der Waals surface area contributed by atoms with Gasteiger partial charge < -0.3 is 14.9 Å². The Balaban J connectivity index is 0.000000279. The summed E-state index contributed by atoms with van der Waals surface area (Å²) in [5, 5.41) is 11.1. The molecule has 3 fully saturated rings. The first-order valence-electron chi connectivity index (χ1n) is 9.52. The van der Waals surface area contributed by atoms with Crippen molar-refractivity contribution in [3.05, 3.63) is 22.4 Å². The minimum Gasteiger partial charge on any atom is -0.475 e. The van der Waals surface area contributed by atoms with Crippen LogP contribution in [-0.2, 0) is 4.79 Å². The number of carbonyl (C=O) groups excluding carboxylic acids is 1. The van der Waals surface area contributed by atoms with Crippen LogP contribution in [0.4, 0.5) is 13.2 Å². The van der Waals surface area contributed by atoms with Crippen LogP contribution in [0.25, 0.3) is 0 Å². The monoisotopic (exact) mass is 418 g/mol. The van der Waals surface area contributed by atoms with Crippen molar-refractivity contribution < 1.29 is 27.9 Å². The fourth-order valence-electron chi connectivity index (χ4n) is 4.01. The van der Waals surface area contributed by atoms with E-state index in [-0.39, 0.29) is 5.91 Å². The molecule has 2 aliphatic heterocycles. The Morgan fingerprint density at radius 1 is 1.18 bits per heavy atom. The van der Waals surface area contributed by atoms with Gasteiger partial charge in [0.2, 0.25) is 0 Å². The summed E-state index contributed by atoms with van der Waals surface area (Å²) in [5.74, 6) is -1.52. The zero-order chi connectivity index (χ0) is 20.4. The topological polar surface area (TPSA) is 60.9 Å². The lowest BCUT2D eigenvalue weighted by Crippen LogP contribution is -2.44. The fourth-order valence-corrected chi connectivity index (χ4v) is 4.64. The van der Waals surface area contributed by atoms with E-state index in [9.17, 15) is 18.0 Å². The molecule has 4 rings (SSSR count). The molecule has 3 heterocycles. The molecule has 156 valence electrons. The molecule has 9 heteroatoms. The third-order valence-corrected chi connectivity index (χ3v) is 6.54. The van der Waals surface area contributed by atoms with Gasteiger partial charge in [0.05, 0.1) is 5.56 Å². The summed E-state index contributed by atoms with van der Waals surface area (Å²) in [7, 11) is 0. The number of piperidine rings is 1. The van der Waals surface area contributed by atoms with E-state index in [0.29, 0.717) is 5.41 Å². The summed E-state index contributed by atoms with van der Waals surface area (Å²) >= 11 is 1.61. The van der Waals surface area contributed by atoms with Crippen molar-refractivity contribution in [3.63, 3.8) is 0 Å². The van der Waals surface area contributed by atoms with Crippen LogP contribution in [0.2, 0.25) is 0 Å². The van der Waals surface area contributed by atoms with E-state index in [2.05, 4.69) is 9.80 Å². The quantitative estimate of drug-likeness (QED) is 0.813. The van der Waals surface area contributed by atoms with Crippen LogP contribution < -0.4 is 0 Å². The van der Waals surface area contributed by atoms with Crippen LogP contribution in [0.3, 0.4) is 0 Å². The number of likely N-dealkylation sites (tertiary alicyclic amines) is 2. The van der Waals surface area contributed by atoms with Gasteiger partial charge >= 0.3 is 12.1 Å². The number of halogens is 3. The number of carboxylic acid groups (broad SMARTS) is 1. The highest BCUT2D eigenvalue weighted by Crippen LogP contribution is 2.42. The van der Waals surface area contributed by atoms with Gasteiger partial charge in [-0.15, -0.1) is 0 Å². The molecule has 1 saturated carbocycles. The van der Waals surface area contributed by atoms with Crippen molar-refractivity contribution in [2.75, 3.05) is 32.7 Å². The number of carboxylic acids is 1. The fraction of sp³-hybridized carbons (Fsp3) is 0.684. The number of nitrogens with zero attached hydrogens (tertiary/aromatic N) is 2. The largest absolute Gasteiger partial charge is 0.490 e. The maximum Gasteiger partial charge on any atom is 0.490 e. The Morgan fingerprint density at radius 2 is 1.79 bits per heavy atom. The molecule has 1 aromatic rings. The highest BCUT2D eigenvalue weighted by Gasteiger charge is 2.42. The van der Waals surface area contributed by atoms with Crippen molar-refractivity contribution in [2.45, 2.75) is 38.3 Å². The molecule has 28 heavy (non-hydrogen) atoms. The van der Waals surface area contributed by atoms with Crippen LogP contribution in [0, 0.1) is 11.3 Å². The number of aliphatic carboxylic acids is 1. The Hall–Kier alpha value is -1.61. The SMILES string of the molecule is O=C(O)C(F)(F)F.O=C(c1ccsc1)N1CCC2(CCN(CC3CC3)C2)CC1. The molecule has 1 N–H and O–H groups in total. The molecule has 0 bridgehead atoms. The van der Waals surface area contributed by atoms with Crippen molar-refractivity contribution in [2.24, 2.45) is 11.3 Å². The van der Waals surface area contributed by atoms with Crippen molar-refractivity contribution in [1.82, 2.24) is 9.80 Å². The van der Waals surface area contributed by atoms with Crippen LogP contribution in [0.1, 0.15) is 42.5 Å². The number of alkyl halides is 3. The lowest BCUT2D eigenvalue weighted by atomic mass is 9.77. The minimum atomic E-state index is -5.08. The summed E-state index contributed by atoms with van der Waals surface area (Å²) < 4.78 is 31.7. The van der Waals surface area contributed by atoms with Gasteiger partial charge in [0.15, 0.2) is 0 Å². The van der Waals surface area contributed by atoms with E-state index in [4.69, 9.17) is 9.90 Å². The van der Waals surface area contributed by atoms with E-state index in [0.717, 1.165) is 24.6 Å². The van der Waals surface area contributed by atoms with Gasteiger partial charge in [-0.1, -0.05) is 0 Å². The highest BCUT2D eigenvalue weighted by molar-refractivity contribution is 7.08. The number of thiophene rings is 1. The molecule has 0 unspecified atom stereocenters. The molecule has 2 saturated heterocycles. The maximum atomic E-state index is 12.4. The van der Waals surface area contributed by atoms with Crippen LogP contribution in [-0.4, -0.2) is 65.7 Å². The minimum absolute atomic E-state index is 0.235. The average molecular weight is 418 g/mol. The summed E-state index contributed by atoms with van der Waals surface area (Å²) in [6.07, 6.45) is 1.56. The second kappa shape index (κ2) is 8.41. The van der Waals surface area contributed by atoms with Gasteiger partial charge in [-0.25, -0.2) is 4.79 Å². The lowest BCUT2D eigenvalue weighted by molar-refractivity contribution is -0.192. The van der Waals surface area contributed by atoms with Gasteiger partial charge in [0, 0.05) is 31.6 Å². The Bertz CT molecular complexity index is 681. The number of amides is 1. The third-order valence-electron chi connectivity index (χ3n) is 5.85. The average Bonchev–Trinajstić information content (AvgIpc) is 3.13. The summed E-state index contributed by atoms with van der Waals surface area (Å²) in [5.41, 5.74) is 1.39. The molecule has 1 aromatic heterocycles. The molecule has 0 atom stereocenters. The first-order valence-corrected chi connectivity index (χ1v) is 10.5. The van der Waals surface area contributed by atoms with Crippen LogP contribution in [0.15, 0.2) is 16.8 Å².